The normalized spacial score (nSPS) is 36.6. The Morgan fingerprint density at radius 1 is 0.863 bits per heavy atom. The highest BCUT2D eigenvalue weighted by Crippen LogP contribution is 2.48. The Labute approximate surface area is 434 Å². The first kappa shape index (κ1) is 62.3. The zero-order chi connectivity index (χ0) is 54.2. The molecule has 18 heteroatoms. The molecule has 414 valence electrons. The SMILES string of the molecule is COCCOP(C)(=O)O[C@@H]1CC[C@@H](C[C@@H](C)[C@@H]2CC(=O)/C(C)=C/C(C)[C@@H](O)[C@@H](OC)C(=O)[C@H](C)C[C@H](C)C=CC=CC=C(C)[C@@H](OC)C[C@@H]3CC[C@@H](C)C(O)(O3)C(=O)C(=O)N3CCCCC3C(=O)O2)C[C@H]1OC. The molecule has 0 aromatic heterocycles. The first-order valence-corrected chi connectivity index (χ1v) is 28.4. The summed E-state index contributed by atoms with van der Waals surface area (Å²) in [6.45, 7) is 14.5. The summed E-state index contributed by atoms with van der Waals surface area (Å²) < 4.78 is 59.5. The van der Waals surface area contributed by atoms with Gasteiger partial charge in [0, 0.05) is 72.2 Å². The number of cyclic esters (lactones) is 1. The van der Waals surface area contributed by atoms with E-state index in [1.54, 1.807) is 41.1 Å². The fourth-order valence-electron chi connectivity index (χ4n) is 10.8. The quantitative estimate of drug-likeness (QED) is 0.0828. The van der Waals surface area contributed by atoms with E-state index in [9.17, 15) is 38.8 Å². The van der Waals surface area contributed by atoms with Crippen LogP contribution in [0.1, 0.15) is 126 Å². The van der Waals surface area contributed by atoms with Crippen LogP contribution in [0.25, 0.3) is 0 Å². The highest BCUT2D eigenvalue weighted by molar-refractivity contribution is 7.53. The predicted octanol–water partition coefficient (Wildman–Crippen LogP) is 7.69. The van der Waals surface area contributed by atoms with Crippen molar-refractivity contribution in [1.82, 2.24) is 4.90 Å². The van der Waals surface area contributed by atoms with Crippen LogP contribution in [-0.2, 0) is 66.0 Å². The molecule has 1 saturated carbocycles. The number of fused-ring (bicyclic) bond motifs is 3. The van der Waals surface area contributed by atoms with Gasteiger partial charge in [0.2, 0.25) is 5.79 Å². The first-order valence-electron chi connectivity index (χ1n) is 26.4. The molecule has 3 fully saturated rings. The standard InChI is InChI=1S/C55H88NO16P/c1-34-18-14-13-15-19-35(2)46(66-9)32-42-23-21-40(7)55(63,71-42)52(60)53(61)56-25-17-16-20-43(56)54(62)70-47(33-44(57)36(3)29-39(6)50(59)51(68-11)49(58)38(5)28-34)37(4)30-41-22-24-45(48(31-41)67-10)72-73(12,64)69-27-26-65-8/h13-15,18-19,29,34,37-43,45-48,50-51,59,63H,16-17,20-28,30-33H2,1-12H3/b15-13?,18-14?,35-19?,36-29+/t34-,37-,38-,39?,40-,41+,42+,43?,45-,46+,47+,48-,50-,51+,55?,73?/m1/s1. The zero-order valence-corrected chi connectivity index (χ0v) is 46.6. The average molecular weight is 1050 g/mol. The number of esters is 1. The van der Waals surface area contributed by atoms with Gasteiger partial charge in [-0.15, -0.1) is 0 Å². The number of hydrogen-bond acceptors (Lipinski definition) is 16. The van der Waals surface area contributed by atoms with E-state index in [1.807, 2.05) is 58.1 Å². The number of hydrogen-bond donors (Lipinski definition) is 2. The lowest BCUT2D eigenvalue weighted by Gasteiger charge is -2.42. The molecule has 16 atom stereocenters. The summed E-state index contributed by atoms with van der Waals surface area (Å²) in [6.07, 6.45) is 10.6. The molecule has 4 unspecified atom stereocenters. The second-order valence-corrected chi connectivity index (χ2v) is 23.3. The fourth-order valence-corrected chi connectivity index (χ4v) is 12.0. The van der Waals surface area contributed by atoms with Gasteiger partial charge >= 0.3 is 13.6 Å². The molecule has 4 aliphatic rings. The number of Topliss-reactive ketones (excluding diaryl/α,β-unsaturated/α-hetero) is 3. The van der Waals surface area contributed by atoms with Crippen LogP contribution in [0.5, 0.6) is 0 Å². The Bertz CT molecular complexity index is 2020. The van der Waals surface area contributed by atoms with Crippen molar-refractivity contribution < 1.29 is 76.2 Å². The predicted molar refractivity (Wildman–Crippen MR) is 275 cm³/mol. The number of amides is 1. The Balaban J connectivity index is 1.68. The van der Waals surface area contributed by atoms with Crippen LogP contribution in [0, 0.1) is 35.5 Å². The van der Waals surface area contributed by atoms with Gasteiger partial charge in [-0.3, -0.25) is 23.7 Å². The number of carbonyl (C=O) groups excluding carboxylic acids is 5. The third kappa shape index (κ3) is 17.7. The highest BCUT2D eigenvalue weighted by Gasteiger charge is 2.53. The Hall–Kier alpha value is -3.22. The Kier molecular flexibility index (Phi) is 25.0. The molecule has 3 aliphatic heterocycles. The maximum absolute atomic E-state index is 14.6. The molecule has 3 heterocycles. The largest absolute Gasteiger partial charge is 0.460 e. The number of piperidine rings is 1. The Morgan fingerprint density at radius 3 is 2.26 bits per heavy atom. The molecule has 2 N–H and O–H groups in total. The summed E-state index contributed by atoms with van der Waals surface area (Å²) in [5.74, 6) is -8.31. The van der Waals surface area contributed by atoms with Gasteiger partial charge in [0.1, 0.15) is 18.2 Å². The number of nitrogens with zero attached hydrogens (tertiary/aromatic N) is 1. The van der Waals surface area contributed by atoms with Crippen molar-refractivity contribution in [3.8, 4) is 0 Å². The number of aliphatic hydroxyl groups excluding tert-OH is 1. The van der Waals surface area contributed by atoms with Crippen LogP contribution >= 0.6 is 7.60 Å². The molecule has 2 saturated heterocycles. The van der Waals surface area contributed by atoms with Crippen molar-refractivity contribution in [2.75, 3.05) is 54.9 Å². The number of allylic oxidation sites excluding steroid dienone is 6. The second-order valence-electron chi connectivity index (χ2n) is 21.3. The van der Waals surface area contributed by atoms with E-state index in [-0.39, 0.29) is 61.6 Å². The number of carbonyl (C=O) groups is 5. The molecule has 2 bridgehead atoms. The van der Waals surface area contributed by atoms with Crippen LogP contribution in [-0.4, -0.2) is 154 Å². The summed E-state index contributed by atoms with van der Waals surface area (Å²) in [7, 11) is 2.61. The van der Waals surface area contributed by atoms with Crippen molar-refractivity contribution in [2.45, 2.75) is 180 Å². The molecular formula is C55H88NO16P. The molecule has 0 aromatic rings. The smallest absolute Gasteiger partial charge is 0.329 e. The molecule has 0 spiro atoms. The molecule has 4 rings (SSSR count). The van der Waals surface area contributed by atoms with Crippen molar-refractivity contribution >= 4 is 36.8 Å². The topological polar surface area (TPSA) is 220 Å². The lowest BCUT2D eigenvalue weighted by molar-refractivity contribution is -0.265. The van der Waals surface area contributed by atoms with Crippen molar-refractivity contribution in [2.24, 2.45) is 35.5 Å². The summed E-state index contributed by atoms with van der Waals surface area (Å²) >= 11 is 0. The lowest BCUT2D eigenvalue weighted by atomic mass is 9.78. The van der Waals surface area contributed by atoms with Crippen molar-refractivity contribution in [1.29, 1.82) is 0 Å². The summed E-state index contributed by atoms with van der Waals surface area (Å²) in [4.78, 5) is 72.5. The minimum atomic E-state index is -3.43. The van der Waals surface area contributed by atoms with E-state index < -0.39 is 103 Å². The van der Waals surface area contributed by atoms with Crippen LogP contribution in [0.3, 0.4) is 0 Å². The van der Waals surface area contributed by atoms with Gasteiger partial charge in [-0.25, -0.2) is 4.79 Å². The van der Waals surface area contributed by atoms with Gasteiger partial charge in [0.05, 0.1) is 43.7 Å². The third-order valence-corrected chi connectivity index (χ3v) is 16.7. The number of ether oxygens (including phenoxy) is 6. The fraction of sp³-hybridized carbons (Fsp3) is 0.764. The summed E-state index contributed by atoms with van der Waals surface area (Å²) in [5.41, 5.74) is 1.16. The Morgan fingerprint density at radius 2 is 1.59 bits per heavy atom. The molecule has 1 aliphatic carbocycles. The monoisotopic (exact) mass is 1050 g/mol. The van der Waals surface area contributed by atoms with E-state index in [0.717, 1.165) is 5.57 Å². The lowest BCUT2D eigenvalue weighted by Crippen LogP contribution is -2.61. The van der Waals surface area contributed by atoms with Gasteiger partial charge in [-0.05, 0) is 107 Å². The highest BCUT2D eigenvalue weighted by atomic mass is 31.2. The minimum Gasteiger partial charge on any atom is -0.460 e. The second kappa shape index (κ2) is 29.3. The van der Waals surface area contributed by atoms with Gasteiger partial charge in [-0.1, -0.05) is 71.1 Å². The van der Waals surface area contributed by atoms with Gasteiger partial charge < -0.3 is 52.6 Å². The van der Waals surface area contributed by atoms with E-state index in [2.05, 4.69) is 0 Å². The number of methoxy groups -OCH3 is 4. The molecule has 17 nitrogen and oxygen atoms in total. The number of rotatable bonds is 12. The average Bonchev–Trinajstić information content (AvgIpc) is 3.35. The van der Waals surface area contributed by atoms with Crippen LogP contribution in [0.15, 0.2) is 47.6 Å². The molecule has 0 radical (unpaired) electrons. The van der Waals surface area contributed by atoms with Crippen molar-refractivity contribution in [3.63, 3.8) is 0 Å². The third-order valence-electron chi connectivity index (χ3n) is 15.4. The van der Waals surface area contributed by atoms with Gasteiger partial charge in [-0.2, -0.15) is 0 Å². The zero-order valence-electron chi connectivity index (χ0n) is 45.7. The maximum atomic E-state index is 14.6. The molecule has 73 heavy (non-hydrogen) atoms. The van der Waals surface area contributed by atoms with Crippen LogP contribution < -0.4 is 0 Å². The number of ketones is 3. The van der Waals surface area contributed by atoms with E-state index in [4.69, 9.17) is 37.5 Å². The van der Waals surface area contributed by atoms with Crippen molar-refractivity contribution in [3.05, 3.63) is 47.6 Å². The van der Waals surface area contributed by atoms with E-state index in [1.165, 1.54) is 25.8 Å². The van der Waals surface area contributed by atoms with Gasteiger partial charge in [0.15, 0.2) is 11.6 Å². The first-order chi connectivity index (χ1) is 34.5. The van der Waals surface area contributed by atoms with Crippen LogP contribution in [0.4, 0.5) is 0 Å². The molecular weight excluding hydrogens is 962 g/mol. The minimum absolute atomic E-state index is 0.00548. The molecule has 1 amide bonds. The van der Waals surface area contributed by atoms with Gasteiger partial charge in [0.25, 0.3) is 11.7 Å². The van der Waals surface area contributed by atoms with Crippen LogP contribution in [0.2, 0.25) is 0 Å². The van der Waals surface area contributed by atoms with E-state index in [0.29, 0.717) is 64.2 Å². The molecule has 0 aromatic carbocycles. The maximum Gasteiger partial charge on any atom is 0.329 e. The van der Waals surface area contributed by atoms with E-state index >= 15 is 0 Å². The summed E-state index contributed by atoms with van der Waals surface area (Å²) in [6, 6.07) is -1.18. The summed E-state index contributed by atoms with van der Waals surface area (Å²) in [5, 5.41) is 23.6. The number of aliphatic hydroxyl groups is 2.